The average molecular weight is 316 g/mol. The summed E-state index contributed by atoms with van der Waals surface area (Å²) in [6.45, 7) is 0.0471. The molecule has 0 aliphatic carbocycles. The molecular formula is C12H11F3N4O3. The Hall–Kier alpha value is -2.46. The van der Waals surface area contributed by atoms with Crippen LogP contribution in [0.5, 0.6) is 0 Å². The molecule has 22 heavy (non-hydrogen) atoms. The van der Waals surface area contributed by atoms with Crippen molar-refractivity contribution in [3.8, 4) is 11.4 Å². The molecule has 3 N–H and O–H groups in total. The van der Waals surface area contributed by atoms with Gasteiger partial charge < -0.3 is 9.63 Å². The van der Waals surface area contributed by atoms with E-state index >= 15 is 0 Å². The number of benzene rings is 1. The molecule has 0 fully saturated rings. The van der Waals surface area contributed by atoms with Crippen molar-refractivity contribution < 1.29 is 27.6 Å². The van der Waals surface area contributed by atoms with Crippen LogP contribution in [0.15, 0.2) is 28.8 Å². The van der Waals surface area contributed by atoms with E-state index in [2.05, 4.69) is 25.5 Å². The molecule has 0 bridgehead atoms. The number of amides is 1. The second kappa shape index (κ2) is 6.54. The smallest absolute Gasteiger partial charge is 0.395 e. The molecule has 1 heterocycles. The Bertz CT molecular complexity index is 640. The maximum absolute atomic E-state index is 12.4. The molecule has 0 aliphatic rings. The van der Waals surface area contributed by atoms with Gasteiger partial charge in [-0.25, -0.2) is 5.43 Å². The lowest BCUT2D eigenvalue weighted by Crippen LogP contribution is -2.38. The number of hydrogen-bond donors (Lipinski definition) is 3. The van der Waals surface area contributed by atoms with Crippen molar-refractivity contribution in [1.82, 2.24) is 21.0 Å². The lowest BCUT2D eigenvalue weighted by Gasteiger charge is -2.05. The maximum Gasteiger partial charge on any atom is 0.471 e. The fourth-order valence-corrected chi connectivity index (χ4v) is 1.50. The summed E-state index contributed by atoms with van der Waals surface area (Å²) in [5, 5.41) is 11.8. The fraction of sp³-hybridized carbons (Fsp3) is 0.250. The number of rotatable bonds is 5. The Kier molecular flexibility index (Phi) is 4.73. The van der Waals surface area contributed by atoms with E-state index in [4.69, 9.17) is 5.11 Å². The minimum atomic E-state index is -4.70. The van der Waals surface area contributed by atoms with Gasteiger partial charge in [0.25, 0.3) is 5.91 Å². The van der Waals surface area contributed by atoms with Crippen LogP contribution in [-0.2, 0) is 6.18 Å². The molecule has 0 saturated carbocycles. The van der Waals surface area contributed by atoms with Gasteiger partial charge >= 0.3 is 12.1 Å². The van der Waals surface area contributed by atoms with Crippen molar-refractivity contribution in [3.63, 3.8) is 0 Å². The van der Waals surface area contributed by atoms with Crippen LogP contribution >= 0.6 is 0 Å². The third-order valence-electron chi connectivity index (χ3n) is 2.51. The molecule has 2 aromatic rings. The molecule has 0 saturated heterocycles. The van der Waals surface area contributed by atoms with E-state index in [1.54, 1.807) is 0 Å². The van der Waals surface area contributed by atoms with Crippen molar-refractivity contribution >= 4 is 5.91 Å². The molecule has 1 amide bonds. The molecule has 10 heteroatoms. The largest absolute Gasteiger partial charge is 0.471 e. The molecule has 0 radical (unpaired) electrons. The summed E-state index contributed by atoms with van der Waals surface area (Å²) in [6, 6.07) is 5.59. The van der Waals surface area contributed by atoms with Crippen LogP contribution in [0.25, 0.3) is 11.4 Å². The number of carbonyl (C=O) groups is 1. The van der Waals surface area contributed by atoms with E-state index in [0.29, 0.717) is 0 Å². The van der Waals surface area contributed by atoms with E-state index in [-0.39, 0.29) is 30.1 Å². The number of nitrogens with one attached hydrogen (secondary N) is 2. The first-order chi connectivity index (χ1) is 10.4. The summed E-state index contributed by atoms with van der Waals surface area (Å²) in [5.41, 5.74) is 5.37. The predicted octanol–water partition coefficient (Wildman–Crippen LogP) is 0.982. The molecule has 0 atom stereocenters. The van der Waals surface area contributed by atoms with Crippen molar-refractivity contribution in [3.05, 3.63) is 35.7 Å². The molecule has 1 aromatic carbocycles. The summed E-state index contributed by atoms with van der Waals surface area (Å²) >= 11 is 0. The number of carbonyl (C=O) groups excluding carboxylic acids is 1. The first kappa shape index (κ1) is 15.9. The zero-order valence-corrected chi connectivity index (χ0v) is 11.0. The topological polar surface area (TPSA) is 100 Å². The highest BCUT2D eigenvalue weighted by Gasteiger charge is 2.38. The minimum absolute atomic E-state index is 0.140. The second-order valence-electron chi connectivity index (χ2n) is 4.10. The Morgan fingerprint density at radius 3 is 2.50 bits per heavy atom. The summed E-state index contributed by atoms with van der Waals surface area (Å²) < 4.78 is 41.2. The summed E-state index contributed by atoms with van der Waals surface area (Å²) in [7, 11) is 0. The summed E-state index contributed by atoms with van der Waals surface area (Å²) in [5.74, 6) is -2.11. The van der Waals surface area contributed by atoms with E-state index in [0.717, 1.165) is 0 Å². The van der Waals surface area contributed by atoms with Crippen LogP contribution in [0, 0.1) is 0 Å². The minimum Gasteiger partial charge on any atom is -0.395 e. The van der Waals surface area contributed by atoms with Gasteiger partial charge in [0.2, 0.25) is 5.82 Å². The van der Waals surface area contributed by atoms with Crippen LogP contribution in [-0.4, -0.2) is 34.3 Å². The zero-order chi connectivity index (χ0) is 16.2. The Morgan fingerprint density at radius 2 is 1.95 bits per heavy atom. The van der Waals surface area contributed by atoms with Gasteiger partial charge in [0.1, 0.15) is 0 Å². The quantitative estimate of drug-likeness (QED) is 0.562. The van der Waals surface area contributed by atoms with Gasteiger partial charge in [-0.3, -0.25) is 10.2 Å². The molecule has 0 aliphatic heterocycles. The molecule has 0 spiro atoms. The number of hydrogen-bond acceptors (Lipinski definition) is 6. The Morgan fingerprint density at radius 1 is 1.27 bits per heavy atom. The van der Waals surface area contributed by atoms with Crippen LogP contribution < -0.4 is 10.9 Å². The van der Waals surface area contributed by atoms with Gasteiger partial charge in [-0.15, -0.1) is 0 Å². The number of alkyl halides is 3. The highest BCUT2D eigenvalue weighted by atomic mass is 19.4. The third-order valence-corrected chi connectivity index (χ3v) is 2.51. The number of aliphatic hydroxyl groups is 1. The number of nitrogens with zero attached hydrogens (tertiary/aromatic N) is 2. The van der Waals surface area contributed by atoms with Crippen molar-refractivity contribution in [2.24, 2.45) is 0 Å². The van der Waals surface area contributed by atoms with E-state index < -0.39 is 18.0 Å². The fourth-order valence-electron chi connectivity index (χ4n) is 1.50. The number of hydrazine groups is 1. The van der Waals surface area contributed by atoms with Gasteiger partial charge in [0.05, 0.1) is 6.61 Å². The van der Waals surface area contributed by atoms with Gasteiger partial charge in [-0.1, -0.05) is 17.3 Å². The number of halogens is 3. The van der Waals surface area contributed by atoms with E-state index in [1.807, 2.05) is 0 Å². The Balaban J connectivity index is 2.08. The van der Waals surface area contributed by atoms with E-state index in [1.165, 1.54) is 24.3 Å². The first-order valence-electron chi connectivity index (χ1n) is 6.07. The average Bonchev–Trinajstić information content (AvgIpc) is 2.97. The molecule has 7 nitrogen and oxygen atoms in total. The summed E-state index contributed by atoms with van der Waals surface area (Å²) in [4.78, 5) is 14.9. The lowest BCUT2D eigenvalue weighted by atomic mass is 10.1. The van der Waals surface area contributed by atoms with Crippen LogP contribution in [0.3, 0.4) is 0 Å². The standard InChI is InChI=1S/C12H11F3N4O3/c13-12(14,15)11-17-9(19-22-11)7-1-3-8(4-2-7)10(21)18-16-5-6-20/h1-4,16,20H,5-6H2,(H,18,21). The monoisotopic (exact) mass is 316 g/mol. The second-order valence-corrected chi connectivity index (χ2v) is 4.10. The molecule has 1 aromatic heterocycles. The molecular weight excluding hydrogens is 305 g/mol. The predicted molar refractivity (Wildman–Crippen MR) is 67.3 cm³/mol. The van der Waals surface area contributed by atoms with Crippen LogP contribution in [0.4, 0.5) is 13.2 Å². The molecule has 118 valence electrons. The van der Waals surface area contributed by atoms with Crippen molar-refractivity contribution in [1.29, 1.82) is 0 Å². The highest BCUT2D eigenvalue weighted by molar-refractivity contribution is 5.94. The van der Waals surface area contributed by atoms with Gasteiger partial charge in [0.15, 0.2) is 0 Å². The van der Waals surface area contributed by atoms with Gasteiger partial charge in [-0.2, -0.15) is 18.2 Å². The third kappa shape index (κ3) is 3.80. The van der Waals surface area contributed by atoms with E-state index in [9.17, 15) is 18.0 Å². The van der Waals surface area contributed by atoms with Gasteiger partial charge in [0, 0.05) is 17.7 Å². The van der Waals surface area contributed by atoms with Crippen molar-refractivity contribution in [2.45, 2.75) is 6.18 Å². The number of aromatic nitrogens is 2. The highest BCUT2D eigenvalue weighted by Crippen LogP contribution is 2.29. The summed E-state index contributed by atoms with van der Waals surface area (Å²) in [6.07, 6.45) is -4.70. The molecule has 2 rings (SSSR count). The van der Waals surface area contributed by atoms with Crippen LogP contribution in [0.1, 0.15) is 16.2 Å². The lowest BCUT2D eigenvalue weighted by molar-refractivity contribution is -0.159. The molecule has 0 unspecified atom stereocenters. The number of aliphatic hydroxyl groups excluding tert-OH is 1. The maximum atomic E-state index is 12.4. The van der Waals surface area contributed by atoms with Crippen molar-refractivity contribution in [2.75, 3.05) is 13.2 Å². The SMILES string of the molecule is O=C(NNCCO)c1ccc(-c2noc(C(F)(F)F)n2)cc1. The first-order valence-corrected chi connectivity index (χ1v) is 6.07. The van der Waals surface area contributed by atoms with Gasteiger partial charge in [-0.05, 0) is 12.1 Å². The van der Waals surface area contributed by atoms with Crippen LogP contribution in [0.2, 0.25) is 0 Å². The normalized spacial score (nSPS) is 11.5. The Labute approximate surface area is 122 Å². The zero-order valence-electron chi connectivity index (χ0n) is 11.0.